The van der Waals surface area contributed by atoms with Gasteiger partial charge in [-0.25, -0.2) is 0 Å². The molecule has 0 bridgehead atoms. The molecule has 0 heterocycles. The van der Waals surface area contributed by atoms with Crippen molar-refractivity contribution in [3.05, 3.63) is 54.3 Å². The lowest BCUT2D eigenvalue weighted by molar-refractivity contribution is 0.209. The number of benzene rings is 1. The van der Waals surface area contributed by atoms with E-state index in [0.29, 0.717) is 12.4 Å². The highest BCUT2D eigenvalue weighted by molar-refractivity contribution is 5.32. The van der Waals surface area contributed by atoms with E-state index >= 15 is 0 Å². The van der Waals surface area contributed by atoms with Gasteiger partial charge in [0, 0.05) is 0 Å². The molecule has 17 heavy (non-hydrogen) atoms. The molecule has 1 aromatic rings. The molecule has 0 amide bonds. The van der Waals surface area contributed by atoms with E-state index in [9.17, 15) is 0 Å². The third-order valence-electron chi connectivity index (χ3n) is 2.37. The summed E-state index contributed by atoms with van der Waals surface area (Å²) in [5.74, 6) is 1.53. The third kappa shape index (κ3) is 3.64. The van der Waals surface area contributed by atoms with Gasteiger partial charge in [0.15, 0.2) is 0 Å². The van der Waals surface area contributed by atoms with Crippen LogP contribution in [0.1, 0.15) is 18.5 Å². The normalized spacial score (nSPS) is 13.0. The van der Waals surface area contributed by atoms with Crippen molar-refractivity contribution in [3.8, 4) is 5.75 Å². The van der Waals surface area contributed by atoms with Crippen LogP contribution in [-0.4, -0.2) is 13.7 Å². The van der Waals surface area contributed by atoms with Crippen molar-refractivity contribution >= 4 is 0 Å². The van der Waals surface area contributed by atoms with Crippen molar-refractivity contribution < 1.29 is 9.47 Å². The van der Waals surface area contributed by atoms with Gasteiger partial charge < -0.3 is 15.2 Å². The van der Waals surface area contributed by atoms with E-state index in [4.69, 9.17) is 15.2 Å². The first-order valence-electron chi connectivity index (χ1n) is 5.57. The minimum atomic E-state index is -0.279. The standard InChI is InChI=1S/C14H19NO2/c1-4-6-13(17-5-2)14(15)11-7-9-12(16-3)10-8-11/h4,6-10,14H,1,5,15H2,2-3H3/b13-6+/t14-/m1/s1. The summed E-state index contributed by atoms with van der Waals surface area (Å²) in [5.41, 5.74) is 7.10. The minimum absolute atomic E-state index is 0.279. The SMILES string of the molecule is C=C/C=C(/OCC)[C@H](N)c1ccc(OC)cc1. The molecule has 0 unspecified atom stereocenters. The van der Waals surface area contributed by atoms with Crippen LogP contribution in [0.3, 0.4) is 0 Å². The van der Waals surface area contributed by atoms with Gasteiger partial charge in [-0.3, -0.25) is 0 Å². The Morgan fingerprint density at radius 3 is 2.53 bits per heavy atom. The fraction of sp³-hybridized carbons (Fsp3) is 0.286. The fourth-order valence-corrected chi connectivity index (χ4v) is 1.50. The smallest absolute Gasteiger partial charge is 0.118 e. The fourth-order valence-electron chi connectivity index (χ4n) is 1.50. The predicted molar refractivity (Wildman–Crippen MR) is 69.8 cm³/mol. The molecule has 1 atom stereocenters. The second-order valence-corrected chi connectivity index (χ2v) is 3.49. The maximum Gasteiger partial charge on any atom is 0.118 e. The summed E-state index contributed by atoms with van der Waals surface area (Å²) in [7, 11) is 1.64. The van der Waals surface area contributed by atoms with Gasteiger partial charge in [0.05, 0.1) is 19.8 Å². The maximum absolute atomic E-state index is 6.12. The number of hydrogen-bond donors (Lipinski definition) is 1. The van der Waals surface area contributed by atoms with Crippen LogP contribution in [0.15, 0.2) is 48.8 Å². The quantitative estimate of drug-likeness (QED) is 0.607. The second-order valence-electron chi connectivity index (χ2n) is 3.49. The van der Waals surface area contributed by atoms with Gasteiger partial charge in [-0.15, -0.1) is 0 Å². The van der Waals surface area contributed by atoms with Crippen LogP contribution in [0.5, 0.6) is 5.75 Å². The molecule has 0 aliphatic heterocycles. The largest absolute Gasteiger partial charge is 0.497 e. The Bertz CT molecular complexity index is 382. The first-order valence-corrected chi connectivity index (χ1v) is 5.57. The van der Waals surface area contributed by atoms with Gasteiger partial charge in [-0.05, 0) is 30.7 Å². The van der Waals surface area contributed by atoms with Gasteiger partial charge >= 0.3 is 0 Å². The van der Waals surface area contributed by atoms with E-state index in [-0.39, 0.29) is 6.04 Å². The minimum Gasteiger partial charge on any atom is -0.497 e. The van der Waals surface area contributed by atoms with Crippen molar-refractivity contribution in [2.24, 2.45) is 5.73 Å². The molecule has 3 nitrogen and oxygen atoms in total. The zero-order valence-corrected chi connectivity index (χ0v) is 10.3. The van der Waals surface area contributed by atoms with E-state index in [1.165, 1.54) is 0 Å². The average Bonchev–Trinajstić information content (AvgIpc) is 2.38. The highest BCUT2D eigenvalue weighted by atomic mass is 16.5. The molecule has 0 fully saturated rings. The number of rotatable bonds is 6. The lowest BCUT2D eigenvalue weighted by Crippen LogP contribution is -2.15. The Morgan fingerprint density at radius 1 is 1.41 bits per heavy atom. The van der Waals surface area contributed by atoms with Gasteiger partial charge in [-0.2, -0.15) is 0 Å². The zero-order chi connectivity index (χ0) is 12.7. The summed E-state index contributed by atoms with van der Waals surface area (Å²) in [6.07, 6.45) is 3.47. The molecular weight excluding hydrogens is 214 g/mol. The van der Waals surface area contributed by atoms with E-state index in [1.807, 2.05) is 31.2 Å². The molecule has 2 N–H and O–H groups in total. The molecule has 0 saturated heterocycles. The molecule has 0 saturated carbocycles. The molecule has 3 heteroatoms. The van der Waals surface area contributed by atoms with Gasteiger partial charge in [0.25, 0.3) is 0 Å². The topological polar surface area (TPSA) is 44.5 Å². The zero-order valence-electron chi connectivity index (χ0n) is 10.3. The summed E-state index contributed by atoms with van der Waals surface area (Å²) in [6, 6.07) is 7.34. The number of hydrogen-bond acceptors (Lipinski definition) is 3. The Morgan fingerprint density at radius 2 is 2.06 bits per heavy atom. The van der Waals surface area contributed by atoms with Gasteiger partial charge in [0.2, 0.25) is 0 Å². The lowest BCUT2D eigenvalue weighted by atomic mass is 10.1. The lowest BCUT2D eigenvalue weighted by Gasteiger charge is -2.16. The van der Waals surface area contributed by atoms with E-state index in [2.05, 4.69) is 6.58 Å². The molecular formula is C14H19NO2. The summed E-state index contributed by atoms with van der Waals surface area (Å²) in [6.45, 7) is 6.17. The van der Waals surface area contributed by atoms with Gasteiger partial charge in [0.1, 0.15) is 11.5 Å². The molecule has 92 valence electrons. The Hall–Kier alpha value is -1.74. The molecule has 1 rings (SSSR count). The highest BCUT2D eigenvalue weighted by Crippen LogP contribution is 2.22. The van der Waals surface area contributed by atoms with E-state index in [0.717, 1.165) is 11.3 Å². The molecule has 0 aliphatic rings. The summed E-state index contributed by atoms with van der Waals surface area (Å²) >= 11 is 0. The maximum atomic E-state index is 6.12. The Kier molecular flexibility index (Phi) is 5.30. The summed E-state index contributed by atoms with van der Waals surface area (Å²) in [4.78, 5) is 0. The van der Waals surface area contributed by atoms with Crippen LogP contribution in [0.4, 0.5) is 0 Å². The monoisotopic (exact) mass is 233 g/mol. The van der Waals surface area contributed by atoms with E-state index < -0.39 is 0 Å². The van der Waals surface area contributed by atoms with Crippen LogP contribution in [-0.2, 0) is 4.74 Å². The third-order valence-corrected chi connectivity index (χ3v) is 2.37. The Balaban J connectivity index is 2.88. The van der Waals surface area contributed by atoms with Crippen molar-refractivity contribution in [2.45, 2.75) is 13.0 Å². The highest BCUT2D eigenvalue weighted by Gasteiger charge is 2.12. The van der Waals surface area contributed by atoms with Gasteiger partial charge in [-0.1, -0.05) is 24.8 Å². The molecule has 0 aliphatic carbocycles. The first-order chi connectivity index (χ1) is 8.22. The number of allylic oxidation sites excluding steroid dienone is 2. The van der Waals surface area contributed by atoms with Crippen molar-refractivity contribution in [2.75, 3.05) is 13.7 Å². The summed E-state index contributed by atoms with van der Waals surface area (Å²) in [5, 5.41) is 0. The average molecular weight is 233 g/mol. The summed E-state index contributed by atoms with van der Waals surface area (Å²) < 4.78 is 10.6. The second kappa shape index (κ2) is 6.76. The molecule has 0 radical (unpaired) electrons. The van der Waals surface area contributed by atoms with Crippen LogP contribution in [0.25, 0.3) is 0 Å². The van der Waals surface area contributed by atoms with Crippen molar-refractivity contribution in [3.63, 3.8) is 0 Å². The van der Waals surface area contributed by atoms with E-state index in [1.54, 1.807) is 19.3 Å². The van der Waals surface area contributed by atoms with Crippen LogP contribution in [0.2, 0.25) is 0 Å². The van der Waals surface area contributed by atoms with Crippen LogP contribution < -0.4 is 10.5 Å². The van der Waals surface area contributed by atoms with Crippen molar-refractivity contribution in [1.29, 1.82) is 0 Å². The number of ether oxygens (including phenoxy) is 2. The van der Waals surface area contributed by atoms with Crippen molar-refractivity contribution in [1.82, 2.24) is 0 Å². The first kappa shape index (κ1) is 13.3. The molecule has 0 spiro atoms. The number of nitrogens with two attached hydrogens (primary N) is 1. The number of methoxy groups -OCH3 is 1. The predicted octanol–water partition coefficient (Wildman–Crippen LogP) is 2.80. The molecule has 0 aromatic heterocycles. The Labute approximate surface area is 103 Å². The van der Waals surface area contributed by atoms with Crippen LogP contribution in [0, 0.1) is 0 Å². The molecule has 1 aromatic carbocycles. The van der Waals surface area contributed by atoms with Crippen LogP contribution >= 0.6 is 0 Å².